The Morgan fingerprint density at radius 2 is 2.19 bits per heavy atom. The third kappa shape index (κ3) is 3.29. The molecular formula is C16H23N5. The summed E-state index contributed by atoms with van der Waals surface area (Å²) in [6.45, 7) is 6.95. The molecule has 1 fully saturated rings. The second kappa shape index (κ2) is 6.35. The standard InChI is InChI=1S/C16H23N5/c1-12(2)21-7-3-4-13(11-21)8-15-16(18-6-5-17-15)14-9-19-20-10-14/h5-6,9-10,12-13H,3-4,7-8,11H2,1-2H3,(H,19,20)/t13-/m0/s1. The van der Waals surface area contributed by atoms with E-state index in [4.69, 9.17) is 0 Å². The second-order valence-electron chi connectivity index (χ2n) is 6.14. The first-order valence-corrected chi connectivity index (χ1v) is 7.77. The van der Waals surface area contributed by atoms with Crippen molar-refractivity contribution in [2.24, 2.45) is 5.92 Å². The Morgan fingerprint density at radius 3 is 2.95 bits per heavy atom. The maximum atomic E-state index is 4.58. The summed E-state index contributed by atoms with van der Waals surface area (Å²) >= 11 is 0. The smallest absolute Gasteiger partial charge is 0.0948 e. The summed E-state index contributed by atoms with van der Waals surface area (Å²) in [4.78, 5) is 11.7. The van der Waals surface area contributed by atoms with Crippen LogP contribution in [0.3, 0.4) is 0 Å². The van der Waals surface area contributed by atoms with Crippen molar-refractivity contribution in [3.8, 4) is 11.3 Å². The van der Waals surface area contributed by atoms with E-state index in [0.29, 0.717) is 12.0 Å². The first kappa shape index (κ1) is 14.2. The number of H-pyrrole nitrogens is 1. The maximum absolute atomic E-state index is 4.58. The van der Waals surface area contributed by atoms with E-state index in [1.807, 2.05) is 12.4 Å². The summed E-state index contributed by atoms with van der Waals surface area (Å²) < 4.78 is 0. The van der Waals surface area contributed by atoms with Crippen LogP contribution < -0.4 is 0 Å². The molecule has 5 nitrogen and oxygen atoms in total. The molecule has 0 spiro atoms. The highest BCUT2D eigenvalue weighted by atomic mass is 15.2. The van der Waals surface area contributed by atoms with E-state index in [1.165, 1.54) is 25.9 Å². The zero-order valence-corrected chi connectivity index (χ0v) is 12.8. The summed E-state index contributed by atoms with van der Waals surface area (Å²) in [5.41, 5.74) is 3.08. The number of hydrogen-bond donors (Lipinski definition) is 1. The molecule has 0 radical (unpaired) electrons. The van der Waals surface area contributed by atoms with Gasteiger partial charge < -0.3 is 4.90 Å². The van der Waals surface area contributed by atoms with Crippen LogP contribution in [0.25, 0.3) is 11.3 Å². The van der Waals surface area contributed by atoms with Gasteiger partial charge in [-0.05, 0) is 45.6 Å². The summed E-state index contributed by atoms with van der Waals surface area (Å²) in [5.74, 6) is 0.670. The molecule has 1 aliphatic heterocycles. The van der Waals surface area contributed by atoms with E-state index in [2.05, 4.69) is 38.9 Å². The number of nitrogens with zero attached hydrogens (tertiary/aromatic N) is 4. The van der Waals surface area contributed by atoms with Crippen molar-refractivity contribution in [3.05, 3.63) is 30.5 Å². The number of aromatic amines is 1. The zero-order chi connectivity index (χ0) is 14.7. The average Bonchev–Trinajstić information content (AvgIpc) is 3.02. The van der Waals surface area contributed by atoms with Crippen molar-refractivity contribution in [2.45, 2.75) is 39.2 Å². The first-order chi connectivity index (χ1) is 10.2. The van der Waals surface area contributed by atoms with E-state index in [1.54, 1.807) is 12.4 Å². The third-order valence-corrected chi connectivity index (χ3v) is 4.31. The quantitative estimate of drug-likeness (QED) is 0.938. The summed E-state index contributed by atoms with van der Waals surface area (Å²) in [6, 6.07) is 0.628. The van der Waals surface area contributed by atoms with E-state index in [9.17, 15) is 0 Å². The van der Waals surface area contributed by atoms with E-state index < -0.39 is 0 Å². The Morgan fingerprint density at radius 1 is 1.33 bits per heavy atom. The molecule has 0 saturated carbocycles. The van der Waals surface area contributed by atoms with Gasteiger partial charge in [-0.3, -0.25) is 15.1 Å². The molecular weight excluding hydrogens is 262 g/mol. The predicted molar refractivity (Wildman–Crippen MR) is 82.8 cm³/mol. The second-order valence-corrected chi connectivity index (χ2v) is 6.14. The molecule has 0 bridgehead atoms. The lowest BCUT2D eigenvalue weighted by Crippen LogP contribution is -2.40. The highest BCUT2D eigenvalue weighted by molar-refractivity contribution is 5.59. The van der Waals surface area contributed by atoms with Crippen molar-refractivity contribution in [1.82, 2.24) is 25.1 Å². The highest BCUT2D eigenvalue weighted by Crippen LogP contribution is 2.25. The minimum Gasteiger partial charge on any atom is -0.301 e. The molecule has 1 atom stereocenters. The monoisotopic (exact) mass is 285 g/mol. The molecule has 2 aromatic rings. The lowest BCUT2D eigenvalue weighted by atomic mass is 9.91. The molecule has 0 aromatic carbocycles. The largest absolute Gasteiger partial charge is 0.301 e. The Bertz CT molecular complexity index is 564. The Hall–Kier alpha value is -1.75. The van der Waals surface area contributed by atoms with Gasteiger partial charge in [0.05, 0.1) is 17.6 Å². The fraction of sp³-hybridized carbons (Fsp3) is 0.562. The Kier molecular flexibility index (Phi) is 4.29. The summed E-state index contributed by atoms with van der Waals surface area (Å²) in [6.07, 6.45) is 10.8. The first-order valence-electron chi connectivity index (χ1n) is 7.77. The van der Waals surface area contributed by atoms with Gasteiger partial charge >= 0.3 is 0 Å². The molecule has 1 N–H and O–H groups in total. The molecule has 1 aliphatic rings. The zero-order valence-electron chi connectivity index (χ0n) is 12.8. The van der Waals surface area contributed by atoms with Crippen LogP contribution >= 0.6 is 0 Å². The number of rotatable bonds is 4. The van der Waals surface area contributed by atoms with Gasteiger partial charge in [0.2, 0.25) is 0 Å². The van der Waals surface area contributed by atoms with Gasteiger partial charge in [-0.15, -0.1) is 0 Å². The third-order valence-electron chi connectivity index (χ3n) is 4.31. The Labute approximate surface area is 125 Å². The van der Waals surface area contributed by atoms with Gasteiger partial charge in [0.25, 0.3) is 0 Å². The summed E-state index contributed by atoms with van der Waals surface area (Å²) in [7, 11) is 0. The Balaban J connectivity index is 1.76. The van der Waals surface area contributed by atoms with Crippen molar-refractivity contribution in [3.63, 3.8) is 0 Å². The number of hydrogen-bond acceptors (Lipinski definition) is 4. The lowest BCUT2D eigenvalue weighted by molar-refractivity contribution is 0.139. The van der Waals surface area contributed by atoms with Gasteiger partial charge in [0, 0.05) is 36.7 Å². The number of nitrogens with one attached hydrogen (secondary N) is 1. The molecule has 3 rings (SSSR count). The van der Waals surface area contributed by atoms with Crippen molar-refractivity contribution < 1.29 is 0 Å². The minimum absolute atomic E-state index is 0.628. The summed E-state index contributed by atoms with van der Waals surface area (Å²) in [5, 5.41) is 6.88. The van der Waals surface area contributed by atoms with E-state index in [-0.39, 0.29) is 0 Å². The SMILES string of the molecule is CC(C)N1CCC[C@@H](Cc2nccnc2-c2cn[nH]c2)C1. The topological polar surface area (TPSA) is 57.7 Å². The van der Waals surface area contributed by atoms with E-state index in [0.717, 1.165) is 23.4 Å². The molecule has 112 valence electrons. The van der Waals surface area contributed by atoms with Crippen molar-refractivity contribution in [1.29, 1.82) is 0 Å². The van der Waals surface area contributed by atoms with Crippen molar-refractivity contribution in [2.75, 3.05) is 13.1 Å². The fourth-order valence-electron chi connectivity index (χ4n) is 3.14. The highest BCUT2D eigenvalue weighted by Gasteiger charge is 2.23. The van der Waals surface area contributed by atoms with Gasteiger partial charge in [-0.1, -0.05) is 0 Å². The van der Waals surface area contributed by atoms with Crippen LogP contribution in [0.5, 0.6) is 0 Å². The normalized spacial score (nSPS) is 20.0. The molecule has 0 unspecified atom stereocenters. The molecule has 2 aromatic heterocycles. The van der Waals surface area contributed by atoms with Crippen LogP contribution in [-0.4, -0.2) is 44.2 Å². The predicted octanol–water partition coefficient (Wildman–Crippen LogP) is 2.53. The minimum atomic E-state index is 0.628. The molecule has 3 heterocycles. The van der Waals surface area contributed by atoms with Gasteiger partial charge in [-0.2, -0.15) is 5.10 Å². The number of piperidine rings is 1. The van der Waals surface area contributed by atoms with Crippen LogP contribution in [0.4, 0.5) is 0 Å². The molecule has 21 heavy (non-hydrogen) atoms. The molecule has 0 aliphatic carbocycles. The molecule has 1 saturated heterocycles. The maximum Gasteiger partial charge on any atom is 0.0948 e. The number of aromatic nitrogens is 4. The van der Waals surface area contributed by atoms with Gasteiger partial charge in [-0.25, -0.2) is 0 Å². The van der Waals surface area contributed by atoms with Crippen LogP contribution in [0.1, 0.15) is 32.4 Å². The fourth-order valence-corrected chi connectivity index (χ4v) is 3.14. The van der Waals surface area contributed by atoms with Crippen LogP contribution in [0, 0.1) is 5.92 Å². The van der Waals surface area contributed by atoms with Gasteiger partial charge in [0.1, 0.15) is 0 Å². The lowest BCUT2D eigenvalue weighted by Gasteiger charge is -2.35. The number of likely N-dealkylation sites (tertiary alicyclic amines) is 1. The van der Waals surface area contributed by atoms with Crippen LogP contribution in [-0.2, 0) is 6.42 Å². The molecule has 5 heteroatoms. The van der Waals surface area contributed by atoms with Crippen LogP contribution in [0.2, 0.25) is 0 Å². The average molecular weight is 285 g/mol. The van der Waals surface area contributed by atoms with Crippen molar-refractivity contribution >= 4 is 0 Å². The van der Waals surface area contributed by atoms with E-state index >= 15 is 0 Å². The van der Waals surface area contributed by atoms with Crippen LogP contribution in [0.15, 0.2) is 24.8 Å². The van der Waals surface area contributed by atoms with Gasteiger partial charge in [0.15, 0.2) is 0 Å². The molecule has 0 amide bonds.